The van der Waals surface area contributed by atoms with Gasteiger partial charge >= 0.3 is 28.2 Å². The molecule has 0 heterocycles. The van der Waals surface area contributed by atoms with Crippen LogP contribution in [0.25, 0.3) is 0 Å². The number of methoxy groups -OCH3 is 2. The molecule has 10 nitrogen and oxygen atoms in total. The molecule has 0 bridgehead atoms. The van der Waals surface area contributed by atoms with Crippen LogP contribution in [0.4, 0.5) is 4.79 Å². The van der Waals surface area contributed by atoms with Crippen LogP contribution in [0.5, 0.6) is 0 Å². The van der Waals surface area contributed by atoms with Crippen LogP contribution in [0.15, 0.2) is 0 Å². The van der Waals surface area contributed by atoms with Crippen molar-refractivity contribution in [3.8, 4) is 0 Å². The summed E-state index contributed by atoms with van der Waals surface area (Å²) in [7, 11) is -2.38. The van der Waals surface area contributed by atoms with Crippen LogP contribution in [0.3, 0.4) is 0 Å². The zero-order chi connectivity index (χ0) is 16.6. The zero-order valence-electron chi connectivity index (χ0n) is 12.1. The van der Waals surface area contributed by atoms with E-state index in [0.717, 1.165) is 14.2 Å². The summed E-state index contributed by atoms with van der Waals surface area (Å²) in [6.45, 7) is 1.51. The molecule has 1 amide bonds. The SMILES string of the molecule is COC(=O)CN(CC(=O)OC)S(=O)(=O)NC(=O)OC(C)C. The van der Waals surface area contributed by atoms with E-state index in [0.29, 0.717) is 4.31 Å². The first kappa shape index (κ1) is 19.1. The number of nitrogens with one attached hydrogen (secondary N) is 1. The van der Waals surface area contributed by atoms with Crippen molar-refractivity contribution in [3.05, 3.63) is 0 Å². The van der Waals surface area contributed by atoms with E-state index in [-0.39, 0.29) is 0 Å². The van der Waals surface area contributed by atoms with Gasteiger partial charge in [-0.3, -0.25) is 9.59 Å². The molecule has 21 heavy (non-hydrogen) atoms. The molecule has 0 aromatic carbocycles. The smallest absolute Gasteiger partial charge is 0.422 e. The highest BCUT2D eigenvalue weighted by Gasteiger charge is 2.30. The molecule has 11 heteroatoms. The largest absolute Gasteiger partial charge is 0.468 e. The van der Waals surface area contributed by atoms with Gasteiger partial charge in [0, 0.05) is 0 Å². The molecule has 0 radical (unpaired) electrons. The lowest BCUT2D eigenvalue weighted by molar-refractivity contribution is -0.143. The Morgan fingerprint density at radius 1 is 1.05 bits per heavy atom. The van der Waals surface area contributed by atoms with Crippen molar-refractivity contribution in [1.29, 1.82) is 0 Å². The van der Waals surface area contributed by atoms with Crippen molar-refractivity contribution in [2.45, 2.75) is 20.0 Å². The molecule has 0 saturated heterocycles. The van der Waals surface area contributed by atoms with E-state index in [1.807, 2.05) is 0 Å². The molecule has 0 atom stereocenters. The quantitative estimate of drug-likeness (QED) is 0.466. The summed E-state index contributed by atoms with van der Waals surface area (Å²) in [5.74, 6) is -1.83. The van der Waals surface area contributed by atoms with Gasteiger partial charge in [0.05, 0.1) is 20.3 Å². The molecule has 0 fully saturated rings. The Hall–Kier alpha value is -1.88. The molecular formula is C10H18N2O8S. The van der Waals surface area contributed by atoms with E-state index >= 15 is 0 Å². The van der Waals surface area contributed by atoms with Crippen molar-refractivity contribution in [3.63, 3.8) is 0 Å². The summed E-state index contributed by atoms with van der Waals surface area (Å²) in [5, 5.41) is 0. The Morgan fingerprint density at radius 2 is 1.48 bits per heavy atom. The maximum Gasteiger partial charge on any atom is 0.422 e. The summed E-state index contributed by atoms with van der Waals surface area (Å²) in [6.07, 6.45) is -1.78. The van der Waals surface area contributed by atoms with E-state index < -0.39 is 47.4 Å². The third kappa shape index (κ3) is 7.46. The molecule has 0 aromatic heterocycles. The average molecular weight is 326 g/mol. The first-order chi connectivity index (χ1) is 9.62. The van der Waals surface area contributed by atoms with Gasteiger partial charge in [0.25, 0.3) is 0 Å². The molecule has 0 rings (SSSR count). The lowest BCUT2D eigenvalue weighted by Crippen LogP contribution is -2.48. The predicted molar refractivity (Wildman–Crippen MR) is 69.3 cm³/mol. The van der Waals surface area contributed by atoms with Gasteiger partial charge in [-0.2, -0.15) is 12.7 Å². The van der Waals surface area contributed by atoms with E-state index in [4.69, 9.17) is 0 Å². The number of esters is 2. The van der Waals surface area contributed by atoms with Crippen LogP contribution in [0, 0.1) is 0 Å². The summed E-state index contributed by atoms with van der Waals surface area (Å²) in [4.78, 5) is 33.7. The van der Waals surface area contributed by atoms with E-state index in [2.05, 4.69) is 14.2 Å². The number of carbonyl (C=O) groups is 3. The average Bonchev–Trinajstić information content (AvgIpc) is 2.35. The molecule has 0 unspecified atom stereocenters. The van der Waals surface area contributed by atoms with Crippen LogP contribution in [0.2, 0.25) is 0 Å². The highest BCUT2D eigenvalue weighted by Crippen LogP contribution is 2.01. The molecule has 122 valence electrons. The highest BCUT2D eigenvalue weighted by molar-refractivity contribution is 7.87. The number of hydrogen-bond acceptors (Lipinski definition) is 8. The molecule has 0 aliphatic heterocycles. The Kier molecular flexibility index (Phi) is 7.66. The third-order valence-electron chi connectivity index (χ3n) is 1.96. The van der Waals surface area contributed by atoms with Crippen molar-refractivity contribution in [2.75, 3.05) is 27.3 Å². The monoisotopic (exact) mass is 326 g/mol. The maximum atomic E-state index is 11.9. The zero-order valence-corrected chi connectivity index (χ0v) is 12.9. The van der Waals surface area contributed by atoms with Gasteiger partial charge in [0.2, 0.25) is 0 Å². The second-order valence-electron chi connectivity index (χ2n) is 3.98. The minimum Gasteiger partial charge on any atom is -0.468 e. The van der Waals surface area contributed by atoms with Crippen LogP contribution in [-0.2, 0) is 34.0 Å². The minimum atomic E-state index is -4.47. The van der Waals surface area contributed by atoms with E-state index in [1.54, 1.807) is 4.72 Å². The first-order valence-corrected chi connectivity index (χ1v) is 7.18. The highest BCUT2D eigenvalue weighted by atomic mass is 32.2. The molecule has 0 saturated carbocycles. The van der Waals surface area contributed by atoms with Crippen LogP contribution >= 0.6 is 0 Å². The van der Waals surface area contributed by atoms with E-state index in [9.17, 15) is 22.8 Å². The fourth-order valence-electron chi connectivity index (χ4n) is 1.05. The number of nitrogens with zero attached hydrogens (tertiary/aromatic N) is 1. The van der Waals surface area contributed by atoms with Gasteiger partial charge < -0.3 is 14.2 Å². The van der Waals surface area contributed by atoms with Gasteiger partial charge in [-0.25, -0.2) is 9.52 Å². The summed E-state index contributed by atoms with van der Waals surface area (Å²) in [6, 6.07) is 0. The number of amides is 1. The van der Waals surface area contributed by atoms with Crippen molar-refractivity contribution in [2.24, 2.45) is 0 Å². The molecule has 1 N–H and O–H groups in total. The lowest BCUT2D eigenvalue weighted by atomic mass is 10.5. The third-order valence-corrected chi connectivity index (χ3v) is 3.32. The molecular weight excluding hydrogens is 308 g/mol. The Morgan fingerprint density at radius 3 is 1.81 bits per heavy atom. The number of ether oxygens (including phenoxy) is 3. The number of rotatable bonds is 7. The van der Waals surface area contributed by atoms with E-state index in [1.165, 1.54) is 13.8 Å². The summed E-state index contributed by atoms with van der Waals surface area (Å²) >= 11 is 0. The summed E-state index contributed by atoms with van der Waals surface area (Å²) in [5.41, 5.74) is 0. The Balaban J connectivity index is 5.05. The van der Waals surface area contributed by atoms with Gasteiger partial charge in [-0.1, -0.05) is 0 Å². The van der Waals surface area contributed by atoms with Gasteiger partial charge in [0.15, 0.2) is 0 Å². The standard InChI is InChI=1S/C10H18N2O8S/c1-7(2)20-10(15)11-21(16,17)12(5-8(13)18-3)6-9(14)19-4/h7H,5-6H2,1-4H3,(H,11,15). The first-order valence-electron chi connectivity index (χ1n) is 5.74. The Labute approximate surface area is 122 Å². The van der Waals surface area contributed by atoms with Crippen molar-refractivity contribution in [1.82, 2.24) is 9.03 Å². The second-order valence-corrected chi connectivity index (χ2v) is 5.65. The maximum absolute atomic E-state index is 11.9. The van der Waals surface area contributed by atoms with Crippen LogP contribution in [-0.4, -0.2) is 64.2 Å². The van der Waals surface area contributed by atoms with Crippen molar-refractivity contribution < 1.29 is 37.0 Å². The van der Waals surface area contributed by atoms with Gasteiger partial charge in [-0.05, 0) is 13.8 Å². The number of hydrogen-bond donors (Lipinski definition) is 1. The molecule has 0 aliphatic rings. The van der Waals surface area contributed by atoms with Gasteiger partial charge in [-0.15, -0.1) is 0 Å². The molecule has 0 aliphatic carbocycles. The minimum absolute atomic E-state index is 0.395. The second kappa shape index (κ2) is 8.42. The molecule has 0 spiro atoms. The van der Waals surface area contributed by atoms with Crippen LogP contribution in [0.1, 0.15) is 13.8 Å². The van der Waals surface area contributed by atoms with Crippen molar-refractivity contribution >= 4 is 28.2 Å². The predicted octanol–water partition coefficient (Wildman–Crippen LogP) is -0.986. The number of carbonyl (C=O) groups excluding carboxylic acids is 3. The fourth-order valence-corrected chi connectivity index (χ4v) is 1.99. The topological polar surface area (TPSA) is 128 Å². The summed E-state index contributed by atoms with van der Waals surface area (Å²) < 4.78 is 39.1. The van der Waals surface area contributed by atoms with Gasteiger partial charge in [0.1, 0.15) is 13.1 Å². The molecule has 0 aromatic rings. The fraction of sp³-hybridized carbons (Fsp3) is 0.700. The lowest BCUT2D eigenvalue weighted by Gasteiger charge is -2.20. The normalized spacial score (nSPS) is 11.1. The Bertz CT molecular complexity index is 469. The van der Waals surface area contributed by atoms with Crippen LogP contribution < -0.4 is 4.72 Å².